The zero-order chi connectivity index (χ0) is 12.6. The van der Waals surface area contributed by atoms with Crippen LogP contribution in [-0.2, 0) is 13.2 Å². The van der Waals surface area contributed by atoms with E-state index in [4.69, 9.17) is 5.73 Å². The van der Waals surface area contributed by atoms with E-state index in [0.717, 1.165) is 6.07 Å². The quantitative estimate of drug-likeness (QED) is 0.780. The highest BCUT2D eigenvalue weighted by Crippen LogP contribution is 2.37. The molecule has 0 spiro atoms. The Bertz CT molecular complexity index is 543. The Morgan fingerprint density at radius 1 is 1.29 bits per heavy atom. The number of benzene rings is 1. The van der Waals surface area contributed by atoms with E-state index in [9.17, 15) is 13.2 Å². The molecule has 2 N–H and O–H groups in total. The van der Waals surface area contributed by atoms with Crippen LogP contribution in [0.3, 0.4) is 0 Å². The van der Waals surface area contributed by atoms with Crippen molar-refractivity contribution in [3.8, 4) is 11.1 Å². The molecule has 0 aliphatic carbocycles. The summed E-state index contributed by atoms with van der Waals surface area (Å²) in [4.78, 5) is 0. The van der Waals surface area contributed by atoms with E-state index in [1.807, 2.05) is 0 Å². The summed E-state index contributed by atoms with van der Waals surface area (Å²) in [5.74, 6) is 0. The highest BCUT2D eigenvalue weighted by atomic mass is 19.4. The van der Waals surface area contributed by atoms with Crippen molar-refractivity contribution in [3.05, 3.63) is 36.2 Å². The molecule has 0 fully saturated rings. The first-order chi connectivity index (χ1) is 7.88. The second-order valence-electron chi connectivity index (χ2n) is 3.71. The van der Waals surface area contributed by atoms with Gasteiger partial charge in [0.15, 0.2) is 0 Å². The standard InChI is InChI=1S/C11H10F3N3/c1-17-6-7(5-16-17)9-4-8(15)2-3-10(9)11(12,13)14/h2-6H,15H2,1H3. The number of aryl methyl sites for hydroxylation is 1. The largest absolute Gasteiger partial charge is 0.417 e. The van der Waals surface area contributed by atoms with Crippen LogP contribution in [-0.4, -0.2) is 9.78 Å². The number of nitrogen functional groups attached to an aromatic ring is 1. The van der Waals surface area contributed by atoms with Gasteiger partial charge in [0.05, 0.1) is 11.8 Å². The van der Waals surface area contributed by atoms with Crippen LogP contribution in [0.15, 0.2) is 30.6 Å². The minimum atomic E-state index is -4.40. The van der Waals surface area contributed by atoms with E-state index < -0.39 is 11.7 Å². The van der Waals surface area contributed by atoms with Crippen molar-refractivity contribution in [2.75, 3.05) is 5.73 Å². The van der Waals surface area contributed by atoms with Gasteiger partial charge in [0.1, 0.15) is 0 Å². The minimum absolute atomic E-state index is 0.0469. The molecule has 1 aromatic carbocycles. The molecular formula is C11H10F3N3. The van der Waals surface area contributed by atoms with Crippen molar-refractivity contribution in [2.24, 2.45) is 7.05 Å². The molecule has 0 saturated carbocycles. The van der Waals surface area contributed by atoms with E-state index in [2.05, 4.69) is 5.10 Å². The average molecular weight is 241 g/mol. The molecule has 1 aromatic heterocycles. The lowest BCUT2D eigenvalue weighted by atomic mass is 10.0. The van der Waals surface area contributed by atoms with Crippen LogP contribution >= 0.6 is 0 Å². The molecule has 2 aromatic rings. The topological polar surface area (TPSA) is 43.8 Å². The van der Waals surface area contributed by atoms with Gasteiger partial charge in [-0.25, -0.2) is 0 Å². The monoisotopic (exact) mass is 241 g/mol. The Morgan fingerprint density at radius 2 is 2.00 bits per heavy atom. The van der Waals surface area contributed by atoms with E-state index in [1.54, 1.807) is 7.05 Å². The molecule has 0 unspecified atom stereocenters. The fourth-order valence-electron chi connectivity index (χ4n) is 1.61. The Labute approximate surface area is 95.7 Å². The minimum Gasteiger partial charge on any atom is -0.399 e. The molecule has 2 rings (SSSR count). The van der Waals surface area contributed by atoms with Gasteiger partial charge in [-0.2, -0.15) is 18.3 Å². The number of alkyl halides is 3. The highest BCUT2D eigenvalue weighted by molar-refractivity contribution is 5.70. The number of halogens is 3. The van der Waals surface area contributed by atoms with Gasteiger partial charge in [0.2, 0.25) is 0 Å². The van der Waals surface area contributed by atoms with Crippen molar-refractivity contribution in [3.63, 3.8) is 0 Å². The van der Waals surface area contributed by atoms with Crippen molar-refractivity contribution < 1.29 is 13.2 Å². The molecule has 1 heterocycles. The summed E-state index contributed by atoms with van der Waals surface area (Å²) in [7, 11) is 1.64. The molecule has 0 saturated heterocycles. The van der Waals surface area contributed by atoms with Crippen LogP contribution in [0.5, 0.6) is 0 Å². The Hall–Kier alpha value is -1.98. The van der Waals surface area contributed by atoms with E-state index in [-0.39, 0.29) is 11.3 Å². The Morgan fingerprint density at radius 3 is 2.53 bits per heavy atom. The lowest BCUT2D eigenvalue weighted by Crippen LogP contribution is -2.07. The van der Waals surface area contributed by atoms with E-state index >= 15 is 0 Å². The highest BCUT2D eigenvalue weighted by Gasteiger charge is 2.33. The van der Waals surface area contributed by atoms with Gasteiger partial charge in [0.25, 0.3) is 0 Å². The maximum Gasteiger partial charge on any atom is 0.417 e. The second kappa shape index (κ2) is 3.80. The Kier molecular flexibility index (Phi) is 2.57. The summed E-state index contributed by atoms with van der Waals surface area (Å²) in [6, 6.07) is 3.53. The van der Waals surface area contributed by atoms with Gasteiger partial charge in [-0.3, -0.25) is 4.68 Å². The fourth-order valence-corrected chi connectivity index (χ4v) is 1.61. The normalized spacial score (nSPS) is 11.8. The van der Waals surface area contributed by atoms with Crippen LogP contribution < -0.4 is 5.73 Å². The van der Waals surface area contributed by atoms with E-state index in [1.165, 1.54) is 29.2 Å². The number of hydrogen-bond donors (Lipinski definition) is 1. The number of rotatable bonds is 1. The van der Waals surface area contributed by atoms with Gasteiger partial charge >= 0.3 is 6.18 Å². The van der Waals surface area contributed by atoms with Crippen LogP contribution in [0, 0.1) is 0 Å². The third-order valence-electron chi connectivity index (χ3n) is 2.36. The summed E-state index contributed by atoms with van der Waals surface area (Å²) in [6.45, 7) is 0. The van der Waals surface area contributed by atoms with Crippen LogP contribution in [0.1, 0.15) is 5.56 Å². The average Bonchev–Trinajstić information content (AvgIpc) is 2.62. The van der Waals surface area contributed by atoms with Gasteiger partial charge in [-0.05, 0) is 23.8 Å². The SMILES string of the molecule is Cn1cc(-c2cc(N)ccc2C(F)(F)F)cn1. The summed E-state index contributed by atoms with van der Waals surface area (Å²) in [5.41, 5.74) is 5.54. The predicted octanol–water partition coefficient (Wildman–Crippen LogP) is 2.69. The molecule has 0 atom stereocenters. The van der Waals surface area contributed by atoms with Gasteiger partial charge in [0, 0.05) is 24.5 Å². The number of nitrogens with zero attached hydrogens (tertiary/aromatic N) is 2. The molecule has 6 heteroatoms. The smallest absolute Gasteiger partial charge is 0.399 e. The first kappa shape index (κ1) is 11.5. The molecule has 0 aliphatic heterocycles. The first-order valence-corrected chi connectivity index (χ1v) is 4.83. The van der Waals surface area contributed by atoms with Crippen LogP contribution in [0.2, 0.25) is 0 Å². The fraction of sp³-hybridized carbons (Fsp3) is 0.182. The second-order valence-corrected chi connectivity index (χ2v) is 3.71. The molecule has 3 nitrogen and oxygen atoms in total. The maximum atomic E-state index is 12.8. The summed E-state index contributed by atoms with van der Waals surface area (Å²) >= 11 is 0. The number of aromatic nitrogens is 2. The number of hydrogen-bond acceptors (Lipinski definition) is 2. The third kappa shape index (κ3) is 2.25. The lowest BCUT2D eigenvalue weighted by Gasteiger charge is -2.12. The van der Waals surface area contributed by atoms with Gasteiger partial charge in [-0.15, -0.1) is 0 Å². The molecule has 0 aliphatic rings. The number of anilines is 1. The van der Waals surface area contributed by atoms with Crippen molar-refractivity contribution in [1.29, 1.82) is 0 Å². The maximum absolute atomic E-state index is 12.8. The number of nitrogens with two attached hydrogens (primary N) is 1. The molecule has 0 amide bonds. The molecule has 0 bridgehead atoms. The van der Waals surface area contributed by atoms with Crippen molar-refractivity contribution in [2.45, 2.75) is 6.18 Å². The van der Waals surface area contributed by atoms with Gasteiger partial charge in [-0.1, -0.05) is 0 Å². The Balaban J connectivity index is 2.63. The first-order valence-electron chi connectivity index (χ1n) is 4.83. The van der Waals surface area contributed by atoms with Gasteiger partial charge < -0.3 is 5.73 Å². The predicted molar refractivity (Wildman–Crippen MR) is 58.1 cm³/mol. The third-order valence-corrected chi connectivity index (χ3v) is 2.36. The molecule has 0 radical (unpaired) electrons. The van der Waals surface area contributed by atoms with Crippen LogP contribution in [0.25, 0.3) is 11.1 Å². The van der Waals surface area contributed by atoms with E-state index in [0.29, 0.717) is 5.56 Å². The molecule has 90 valence electrons. The lowest BCUT2D eigenvalue weighted by molar-refractivity contribution is -0.137. The molecule has 17 heavy (non-hydrogen) atoms. The van der Waals surface area contributed by atoms with Crippen molar-refractivity contribution in [1.82, 2.24) is 9.78 Å². The summed E-state index contributed by atoms with van der Waals surface area (Å²) in [6.07, 6.45) is -1.51. The van der Waals surface area contributed by atoms with Crippen molar-refractivity contribution >= 4 is 5.69 Å². The summed E-state index contributed by atoms with van der Waals surface area (Å²) < 4.78 is 39.9. The zero-order valence-corrected chi connectivity index (χ0v) is 8.99. The van der Waals surface area contributed by atoms with Crippen LogP contribution in [0.4, 0.5) is 18.9 Å². The zero-order valence-electron chi connectivity index (χ0n) is 8.99. The molecular weight excluding hydrogens is 231 g/mol. The summed E-state index contributed by atoms with van der Waals surface area (Å²) in [5, 5.41) is 3.85.